The molecule has 0 radical (unpaired) electrons. The summed E-state index contributed by atoms with van der Waals surface area (Å²) in [5, 5.41) is 13.8. The highest BCUT2D eigenvalue weighted by Crippen LogP contribution is 2.28. The van der Waals surface area contributed by atoms with E-state index in [1.807, 2.05) is 6.92 Å². The van der Waals surface area contributed by atoms with Crippen LogP contribution in [0, 0.1) is 0 Å². The zero-order valence-corrected chi connectivity index (χ0v) is 12.1. The largest absolute Gasteiger partial charge is 0.504 e. The molecule has 0 saturated carbocycles. The summed E-state index contributed by atoms with van der Waals surface area (Å²) < 4.78 is 5.27. The molecular weight excluding hydrogens is 282 g/mol. The van der Waals surface area contributed by atoms with Crippen LogP contribution in [0.2, 0.25) is 0 Å². The number of phenolic OH excluding ortho intramolecular Hbond substituents is 1. The van der Waals surface area contributed by atoms with Crippen LogP contribution >= 0.6 is 0 Å². The molecule has 0 unspecified atom stereocenters. The van der Waals surface area contributed by atoms with Crippen LogP contribution in [-0.4, -0.2) is 23.8 Å². The van der Waals surface area contributed by atoms with E-state index in [1.54, 1.807) is 42.5 Å². The van der Waals surface area contributed by atoms with Gasteiger partial charge in [-0.2, -0.15) is 5.10 Å². The third kappa shape index (κ3) is 3.76. The highest BCUT2D eigenvalue weighted by Gasteiger charge is 2.07. The van der Waals surface area contributed by atoms with E-state index >= 15 is 0 Å². The summed E-state index contributed by atoms with van der Waals surface area (Å²) in [5.41, 5.74) is 9.34. The first kappa shape index (κ1) is 15.4. The minimum atomic E-state index is -0.385. The molecule has 0 aliphatic carbocycles. The number of carbonyl (C=O) groups is 1. The molecule has 0 spiro atoms. The molecule has 0 aliphatic heterocycles. The number of phenols is 1. The van der Waals surface area contributed by atoms with Crippen molar-refractivity contribution in [1.82, 2.24) is 5.43 Å². The molecule has 2 rings (SSSR count). The number of rotatable bonds is 5. The molecule has 2 aromatic carbocycles. The number of amides is 1. The summed E-state index contributed by atoms with van der Waals surface area (Å²) in [6.45, 7) is 2.27. The van der Waals surface area contributed by atoms with E-state index in [2.05, 4.69) is 10.5 Å². The van der Waals surface area contributed by atoms with Gasteiger partial charge in [0.1, 0.15) is 0 Å². The average molecular weight is 299 g/mol. The Morgan fingerprint density at radius 3 is 2.86 bits per heavy atom. The van der Waals surface area contributed by atoms with Gasteiger partial charge < -0.3 is 15.6 Å². The van der Waals surface area contributed by atoms with Crippen molar-refractivity contribution in [3.05, 3.63) is 53.6 Å². The van der Waals surface area contributed by atoms with Crippen LogP contribution in [0.15, 0.2) is 47.6 Å². The van der Waals surface area contributed by atoms with Crippen molar-refractivity contribution in [1.29, 1.82) is 0 Å². The van der Waals surface area contributed by atoms with Crippen molar-refractivity contribution in [2.75, 3.05) is 12.3 Å². The van der Waals surface area contributed by atoms with Crippen molar-refractivity contribution >= 4 is 17.8 Å². The lowest BCUT2D eigenvalue weighted by Crippen LogP contribution is -2.17. The molecule has 6 heteroatoms. The Labute approximate surface area is 128 Å². The lowest BCUT2D eigenvalue weighted by Gasteiger charge is -2.07. The molecule has 114 valence electrons. The van der Waals surface area contributed by atoms with Crippen LogP contribution in [0.1, 0.15) is 22.8 Å². The molecular formula is C16H17N3O3. The zero-order chi connectivity index (χ0) is 15.9. The van der Waals surface area contributed by atoms with Gasteiger partial charge in [0.25, 0.3) is 5.91 Å². The molecule has 0 heterocycles. The van der Waals surface area contributed by atoms with Crippen LogP contribution in [-0.2, 0) is 0 Å². The van der Waals surface area contributed by atoms with Gasteiger partial charge in [0.05, 0.1) is 12.8 Å². The van der Waals surface area contributed by atoms with E-state index in [-0.39, 0.29) is 11.7 Å². The second kappa shape index (κ2) is 7.12. The topological polar surface area (TPSA) is 96.9 Å². The normalized spacial score (nSPS) is 10.6. The number of hydrazone groups is 1. The van der Waals surface area contributed by atoms with Crippen LogP contribution in [0.25, 0.3) is 0 Å². The van der Waals surface area contributed by atoms with Crippen LogP contribution in [0.5, 0.6) is 11.5 Å². The number of nitrogens with two attached hydrogens (primary N) is 1. The zero-order valence-electron chi connectivity index (χ0n) is 12.1. The van der Waals surface area contributed by atoms with E-state index in [0.29, 0.717) is 29.2 Å². The molecule has 0 saturated heterocycles. The lowest BCUT2D eigenvalue weighted by atomic mass is 10.2. The maximum Gasteiger partial charge on any atom is 0.271 e. The fraction of sp³-hybridized carbons (Fsp3) is 0.125. The summed E-state index contributed by atoms with van der Waals surface area (Å²) in [7, 11) is 0. The Hall–Kier alpha value is -3.02. The summed E-state index contributed by atoms with van der Waals surface area (Å²) in [4.78, 5) is 11.9. The van der Waals surface area contributed by atoms with E-state index < -0.39 is 0 Å². The third-order valence-electron chi connectivity index (χ3n) is 2.85. The van der Waals surface area contributed by atoms with Gasteiger partial charge in [-0.25, -0.2) is 5.43 Å². The summed E-state index contributed by atoms with van der Waals surface area (Å²) >= 11 is 0. The molecule has 0 atom stereocenters. The maximum absolute atomic E-state index is 11.9. The van der Waals surface area contributed by atoms with E-state index in [4.69, 9.17) is 10.5 Å². The molecule has 6 nitrogen and oxygen atoms in total. The summed E-state index contributed by atoms with van der Waals surface area (Å²) in [6.07, 6.45) is 1.35. The van der Waals surface area contributed by atoms with Gasteiger partial charge >= 0.3 is 0 Å². The van der Waals surface area contributed by atoms with Gasteiger partial charge in [0.2, 0.25) is 0 Å². The predicted octanol–water partition coefficient (Wildman–Crippen LogP) is 2.14. The molecule has 0 fully saturated rings. The summed E-state index contributed by atoms with van der Waals surface area (Å²) in [6, 6.07) is 11.6. The number of carbonyl (C=O) groups excluding carboxylic acids is 1. The number of hydrogen-bond donors (Lipinski definition) is 3. The monoisotopic (exact) mass is 299 g/mol. The number of nitrogens with zero attached hydrogens (tertiary/aromatic N) is 1. The van der Waals surface area contributed by atoms with Gasteiger partial charge in [-0.3, -0.25) is 4.79 Å². The number of anilines is 1. The molecule has 2 aromatic rings. The lowest BCUT2D eigenvalue weighted by molar-refractivity contribution is 0.0955. The van der Waals surface area contributed by atoms with Gasteiger partial charge in [-0.1, -0.05) is 12.1 Å². The van der Waals surface area contributed by atoms with Gasteiger partial charge in [-0.05, 0) is 37.3 Å². The minimum Gasteiger partial charge on any atom is -0.504 e. The molecule has 0 bridgehead atoms. The van der Waals surface area contributed by atoms with Gasteiger partial charge in [0, 0.05) is 16.8 Å². The Bertz CT molecular complexity index is 699. The smallest absolute Gasteiger partial charge is 0.271 e. The Kier molecular flexibility index (Phi) is 4.98. The number of ether oxygens (including phenoxy) is 1. The Morgan fingerprint density at radius 1 is 1.36 bits per heavy atom. The molecule has 1 amide bonds. The van der Waals surface area contributed by atoms with Crippen molar-refractivity contribution in [2.45, 2.75) is 6.92 Å². The number of hydrogen-bond acceptors (Lipinski definition) is 5. The number of nitrogen functional groups attached to an aromatic ring is 1. The van der Waals surface area contributed by atoms with Crippen LogP contribution in [0.4, 0.5) is 5.69 Å². The van der Waals surface area contributed by atoms with Crippen molar-refractivity contribution < 1.29 is 14.6 Å². The van der Waals surface area contributed by atoms with Crippen LogP contribution in [0.3, 0.4) is 0 Å². The number of para-hydroxylation sites is 1. The van der Waals surface area contributed by atoms with Crippen molar-refractivity contribution in [3.63, 3.8) is 0 Å². The first-order valence-electron chi connectivity index (χ1n) is 6.75. The first-order valence-corrected chi connectivity index (χ1v) is 6.75. The van der Waals surface area contributed by atoms with E-state index in [0.717, 1.165) is 0 Å². The van der Waals surface area contributed by atoms with E-state index in [9.17, 15) is 9.90 Å². The van der Waals surface area contributed by atoms with Crippen LogP contribution < -0.4 is 15.9 Å². The number of nitrogens with one attached hydrogen (secondary N) is 1. The Morgan fingerprint density at radius 2 is 2.14 bits per heavy atom. The quantitative estimate of drug-likeness (QED) is 0.447. The fourth-order valence-corrected chi connectivity index (χ4v) is 1.82. The second-order valence-corrected chi connectivity index (χ2v) is 4.45. The van der Waals surface area contributed by atoms with E-state index in [1.165, 1.54) is 6.21 Å². The highest BCUT2D eigenvalue weighted by atomic mass is 16.5. The molecule has 22 heavy (non-hydrogen) atoms. The molecule has 0 aromatic heterocycles. The van der Waals surface area contributed by atoms with Crippen molar-refractivity contribution in [2.24, 2.45) is 5.10 Å². The second-order valence-electron chi connectivity index (χ2n) is 4.45. The van der Waals surface area contributed by atoms with Gasteiger partial charge in [-0.15, -0.1) is 0 Å². The SMILES string of the molecule is CCOc1cccc(/C=N\NC(=O)c2cccc(N)c2)c1O. The average Bonchev–Trinajstić information content (AvgIpc) is 2.51. The molecule has 4 N–H and O–H groups in total. The maximum atomic E-state index is 11.9. The highest BCUT2D eigenvalue weighted by molar-refractivity contribution is 5.95. The Balaban J connectivity index is 2.07. The number of aromatic hydroxyl groups is 1. The predicted molar refractivity (Wildman–Crippen MR) is 85.2 cm³/mol. The third-order valence-corrected chi connectivity index (χ3v) is 2.85. The first-order chi connectivity index (χ1) is 10.6. The standard InChI is InChI=1S/C16H17N3O3/c1-2-22-14-8-4-6-12(15(14)20)10-18-19-16(21)11-5-3-7-13(17)9-11/h3-10,20H,2,17H2,1H3,(H,19,21)/b18-10-. The number of benzene rings is 2. The fourth-order valence-electron chi connectivity index (χ4n) is 1.82. The minimum absolute atomic E-state index is 0.0219. The van der Waals surface area contributed by atoms with Crippen molar-refractivity contribution in [3.8, 4) is 11.5 Å². The summed E-state index contributed by atoms with van der Waals surface area (Å²) in [5.74, 6) is -0.0380. The molecule has 0 aliphatic rings. The van der Waals surface area contributed by atoms with Gasteiger partial charge in [0.15, 0.2) is 11.5 Å².